The average Bonchev–Trinajstić information content (AvgIpc) is 2.17. The molecule has 76 valence electrons. The van der Waals surface area contributed by atoms with Crippen molar-refractivity contribution in [2.24, 2.45) is 5.73 Å². The second-order valence-corrected chi connectivity index (χ2v) is 2.67. The summed E-state index contributed by atoms with van der Waals surface area (Å²) >= 11 is 0. The summed E-state index contributed by atoms with van der Waals surface area (Å²) in [5, 5.41) is 5.39. The molecule has 0 rings (SSSR count). The van der Waals surface area contributed by atoms with Crippen molar-refractivity contribution in [2.75, 3.05) is 27.8 Å². The molecular weight excluding hydrogens is 168 g/mol. The van der Waals surface area contributed by atoms with Crippen LogP contribution in [0, 0.1) is 0 Å². The molecule has 13 heavy (non-hydrogen) atoms. The van der Waals surface area contributed by atoms with E-state index in [9.17, 15) is 4.79 Å². The second-order valence-electron chi connectivity index (χ2n) is 2.67. The molecule has 0 aliphatic carbocycles. The number of nitrogens with zero attached hydrogens (tertiary/aromatic N) is 1. The largest absolute Gasteiger partial charge is 0.382 e. The summed E-state index contributed by atoms with van der Waals surface area (Å²) in [5.74, 6) is -0.139. The minimum Gasteiger partial charge on any atom is -0.382 e. The summed E-state index contributed by atoms with van der Waals surface area (Å²) in [4.78, 5) is 13.1. The molecule has 0 aliphatic rings. The molecule has 0 saturated carbocycles. The van der Waals surface area contributed by atoms with Gasteiger partial charge in [0.15, 0.2) is 0 Å². The molecule has 0 bridgehead atoms. The quantitative estimate of drug-likeness (QED) is 0.390. The maximum absolute atomic E-state index is 11.3. The number of likely N-dealkylation sites (N-methyl/N-ethyl adjacent to an activating group) is 2. The lowest BCUT2D eigenvalue weighted by Crippen LogP contribution is -2.33. The normalized spacial score (nSPS) is 11.8. The number of amides is 1. The zero-order valence-electron chi connectivity index (χ0n) is 8.64. The van der Waals surface area contributed by atoms with E-state index in [0.717, 1.165) is 5.70 Å². The highest BCUT2D eigenvalue weighted by atomic mass is 16.2. The number of nitrogens with two attached hydrogens (primary N) is 1. The molecule has 1 amide bonds. The molecule has 0 aromatic heterocycles. The molecule has 0 radical (unpaired) electrons. The van der Waals surface area contributed by atoms with Crippen LogP contribution >= 0.6 is 0 Å². The molecule has 0 heterocycles. The van der Waals surface area contributed by atoms with Crippen molar-refractivity contribution in [3.63, 3.8) is 0 Å². The van der Waals surface area contributed by atoms with Gasteiger partial charge in [-0.3, -0.25) is 4.79 Å². The van der Waals surface area contributed by atoms with Gasteiger partial charge in [0.2, 0.25) is 0 Å². The van der Waals surface area contributed by atoms with Gasteiger partial charge in [0.1, 0.15) is 5.70 Å². The third kappa shape index (κ3) is 2.95. The molecule has 0 unspecified atom stereocenters. The van der Waals surface area contributed by atoms with Gasteiger partial charge in [-0.1, -0.05) is 0 Å². The monoisotopic (exact) mass is 186 g/mol. The number of nitrogens with one attached hydrogen (secondary N) is 2. The fourth-order valence-electron chi connectivity index (χ4n) is 0.912. The maximum Gasteiger partial charge on any atom is 0.268 e. The number of carbonyl (C=O) groups is 1. The Hall–Kier alpha value is -1.23. The SMILES string of the molecule is CNC(=O)/C(NC)=C(\C)N(C)CN. The van der Waals surface area contributed by atoms with E-state index in [1.807, 2.05) is 14.0 Å². The van der Waals surface area contributed by atoms with Crippen molar-refractivity contribution in [3.8, 4) is 0 Å². The first-order valence-corrected chi connectivity index (χ1v) is 4.10. The standard InChI is InChI=1S/C8H18N4O/c1-6(12(4)5-9)7(10-2)8(13)11-3/h10H,5,9H2,1-4H3,(H,11,13)/b7-6-. The Morgan fingerprint density at radius 1 is 1.38 bits per heavy atom. The fraction of sp³-hybridized carbons (Fsp3) is 0.625. The van der Waals surface area contributed by atoms with Crippen LogP contribution in [0.1, 0.15) is 6.92 Å². The summed E-state index contributed by atoms with van der Waals surface area (Å²) in [6.07, 6.45) is 0. The third-order valence-electron chi connectivity index (χ3n) is 1.91. The Bertz CT molecular complexity index is 212. The molecule has 4 N–H and O–H groups in total. The molecule has 0 atom stereocenters. The van der Waals surface area contributed by atoms with Gasteiger partial charge in [0, 0.05) is 26.8 Å². The zero-order valence-corrected chi connectivity index (χ0v) is 8.64. The highest BCUT2D eigenvalue weighted by Gasteiger charge is 2.11. The van der Waals surface area contributed by atoms with E-state index in [1.54, 1.807) is 19.0 Å². The van der Waals surface area contributed by atoms with Gasteiger partial charge in [-0.05, 0) is 6.92 Å². The average molecular weight is 186 g/mol. The lowest BCUT2D eigenvalue weighted by atomic mass is 10.3. The predicted molar refractivity (Wildman–Crippen MR) is 52.6 cm³/mol. The first kappa shape index (κ1) is 11.8. The van der Waals surface area contributed by atoms with Crippen LogP contribution in [-0.4, -0.2) is 38.6 Å². The van der Waals surface area contributed by atoms with Gasteiger partial charge in [-0.2, -0.15) is 0 Å². The Morgan fingerprint density at radius 3 is 2.23 bits per heavy atom. The lowest BCUT2D eigenvalue weighted by Gasteiger charge is -2.20. The Labute approximate surface area is 79.0 Å². The van der Waals surface area contributed by atoms with Crippen molar-refractivity contribution in [2.45, 2.75) is 6.92 Å². The number of carbonyl (C=O) groups excluding carboxylic acids is 1. The predicted octanol–water partition coefficient (Wildman–Crippen LogP) is -0.969. The van der Waals surface area contributed by atoms with E-state index in [1.165, 1.54) is 0 Å². The van der Waals surface area contributed by atoms with E-state index < -0.39 is 0 Å². The number of hydrogen-bond acceptors (Lipinski definition) is 4. The minimum atomic E-state index is -0.139. The van der Waals surface area contributed by atoms with E-state index in [-0.39, 0.29) is 5.91 Å². The van der Waals surface area contributed by atoms with Crippen LogP contribution in [0.5, 0.6) is 0 Å². The van der Waals surface area contributed by atoms with Gasteiger partial charge in [-0.25, -0.2) is 0 Å². The summed E-state index contributed by atoms with van der Waals surface area (Å²) in [6, 6.07) is 0. The van der Waals surface area contributed by atoms with Gasteiger partial charge < -0.3 is 21.3 Å². The molecule has 0 fully saturated rings. The second kappa shape index (κ2) is 5.42. The highest BCUT2D eigenvalue weighted by Crippen LogP contribution is 2.03. The van der Waals surface area contributed by atoms with E-state index in [2.05, 4.69) is 10.6 Å². The molecule has 5 nitrogen and oxygen atoms in total. The van der Waals surface area contributed by atoms with Crippen LogP contribution in [0.15, 0.2) is 11.4 Å². The Kier molecular flexibility index (Phi) is 4.91. The minimum absolute atomic E-state index is 0.139. The topological polar surface area (TPSA) is 70.4 Å². The van der Waals surface area contributed by atoms with E-state index >= 15 is 0 Å². The molecule has 0 aromatic rings. The first-order valence-electron chi connectivity index (χ1n) is 4.10. The van der Waals surface area contributed by atoms with E-state index in [0.29, 0.717) is 12.4 Å². The molecule has 0 aliphatic heterocycles. The first-order chi connectivity index (χ1) is 6.08. The molecule has 0 aromatic carbocycles. The fourth-order valence-corrected chi connectivity index (χ4v) is 0.912. The Morgan fingerprint density at radius 2 is 1.92 bits per heavy atom. The Balaban J connectivity index is 4.78. The van der Waals surface area contributed by atoms with Crippen molar-refractivity contribution in [3.05, 3.63) is 11.4 Å². The van der Waals surface area contributed by atoms with Gasteiger partial charge in [-0.15, -0.1) is 0 Å². The van der Waals surface area contributed by atoms with Crippen LogP contribution in [0.3, 0.4) is 0 Å². The maximum atomic E-state index is 11.3. The molecule has 0 spiro atoms. The molecule has 0 saturated heterocycles. The van der Waals surface area contributed by atoms with E-state index in [4.69, 9.17) is 5.73 Å². The van der Waals surface area contributed by atoms with Crippen LogP contribution in [0.4, 0.5) is 0 Å². The van der Waals surface area contributed by atoms with Crippen LogP contribution in [0.25, 0.3) is 0 Å². The van der Waals surface area contributed by atoms with Crippen LogP contribution in [-0.2, 0) is 4.79 Å². The van der Waals surface area contributed by atoms with Gasteiger partial charge in [0.05, 0.1) is 6.67 Å². The highest BCUT2D eigenvalue weighted by molar-refractivity contribution is 5.93. The summed E-state index contributed by atoms with van der Waals surface area (Å²) < 4.78 is 0. The van der Waals surface area contributed by atoms with Crippen molar-refractivity contribution in [1.82, 2.24) is 15.5 Å². The number of rotatable bonds is 4. The van der Waals surface area contributed by atoms with Crippen molar-refractivity contribution in [1.29, 1.82) is 0 Å². The summed E-state index contributed by atoms with van der Waals surface area (Å²) in [5.41, 5.74) is 6.80. The number of hydrogen-bond donors (Lipinski definition) is 3. The van der Waals surface area contributed by atoms with Crippen molar-refractivity contribution >= 4 is 5.91 Å². The lowest BCUT2D eigenvalue weighted by molar-refractivity contribution is -0.117. The smallest absolute Gasteiger partial charge is 0.268 e. The summed E-state index contributed by atoms with van der Waals surface area (Å²) in [7, 11) is 5.13. The molecule has 5 heteroatoms. The van der Waals surface area contributed by atoms with Gasteiger partial charge >= 0.3 is 0 Å². The van der Waals surface area contributed by atoms with Gasteiger partial charge in [0.25, 0.3) is 5.91 Å². The molecular formula is C8H18N4O. The van der Waals surface area contributed by atoms with Crippen LogP contribution < -0.4 is 16.4 Å². The third-order valence-corrected chi connectivity index (χ3v) is 1.91. The van der Waals surface area contributed by atoms with Crippen LogP contribution in [0.2, 0.25) is 0 Å². The zero-order chi connectivity index (χ0) is 10.4. The van der Waals surface area contributed by atoms with Crippen molar-refractivity contribution < 1.29 is 4.79 Å². The number of allylic oxidation sites excluding steroid dienone is 1. The summed E-state index contributed by atoms with van der Waals surface area (Å²) in [6.45, 7) is 2.22.